The Hall–Kier alpha value is -1.51. The first-order valence-electron chi connectivity index (χ1n) is 11.5. The summed E-state index contributed by atoms with van der Waals surface area (Å²) in [6.07, 6.45) is 0.339. The van der Waals surface area contributed by atoms with Crippen LogP contribution in [0.1, 0.15) is 40.3 Å². The molecule has 0 aliphatic carbocycles. The summed E-state index contributed by atoms with van der Waals surface area (Å²) in [5.41, 5.74) is -1.15. The van der Waals surface area contributed by atoms with Gasteiger partial charge in [-0.25, -0.2) is 9.46 Å². The molecular formula is C22H36N4O8P2. The first kappa shape index (κ1) is 30.7. The number of methoxy groups -OCH3 is 1. The van der Waals surface area contributed by atoms with Crippen molar-refractivity contribution in [3.05, 3.63) is 45.0 Å². The zero-order valence-corrected chi connectivity index (χ0v) is 23.5. The quantitative estimate of drug-likeness (QED) is 0.273. The van der Waals surface area contributed by atoms with Gasteiger partial charge in [-0.3, -0.25) is 14.3 Å². The Labute approximate surface area is 214 Å². The Kier molecular flexibility index (Phi) is 12.8. The molecule has 5 atom stereocenters. The van der Waals surface area contributed by atoms with Crippen LogP contribution in [0.2, 0.25) is 0 Å². The van der Waals surface area contributed by atoms with Crippen molar-refractivity contribution in [2.24, 2.45) is 0 Å². The molecule has 0 radical (unpaired) electrons. The van der Waals surface area contributed by atoms with Gasteiger partial charge in [0.25, 0.3) is 14.1 Å². The number of aromatic nitrogens is 2. The molecule has 12 nitrogen and oxygen atoms in total. The highest BCUT2D eigenvalue weighted by atomic mass is 31.2. The minimum absolute atomic E-state index is 0.0861. The van der Waals surface area contributed by atoms with Gasteiger partial charge >= 0.3 is 5.69 Å². The van der Waals surface area contributed by atoms with E-state index in [1.54, 1.807) is 11.9 Å². The molecule has 1 aliphatic heterocycles. The molecule has 1 aromatic heterocycles. The first-order chi connectivity index (χ1) is 17.2. The fourth-order valence-corrected chi connectivity index (χ4v) is 6.25. The van der Waals surface area contributed by atoms with Gasteiger partial charge in [0.2, 0.25) is 0 Å². The molecule has 14 heteroatoms. The van der Waals surface area contributed by atoms with Crippen molar-refractivity contribution in [3.8, 4) is 6.07 Å². The second kappa shape index (κ2) is 15.0. The van der Waals surface area contributed by atoms with Crippen molar-refractivity contribution in [2.45, 2.75) is 70.7 Å². The lowest BCUT2D eigenvalue weighted by molar-refractivity contribution is -0.0482. The predicted molar refractivity (Wildman–Crippen MR) is 136 cm³/mol. The van der Waals surface area contributed by atoms with Gasteiger partial charge in [0.1, 0.15) is 18.3 Å². The maximum Gasteiger partial charge on any atom is 0.330 e. The number of aromatic amines is 1. The van der Waals surface area contributed by atoms with E-state index in [0.29, 0.717) is 0 Å². The molecule has 0 aromatic carbocycles. The van der Waals surface area contributed by atoms with Crippen LogP contribution in [0.15, 0.2) is 33.7 Å². The fraction of sp³-hybridized carbons (Fsp3) is 0.682. The molecule has 0 saturated carbocycles. The van der Waals surface area contributed by atoms with Crippen molar-refractivity contribution in [1.29, 1.82) is 5.26 Å². The molecular weight excluding hydrogens is 510 g/mol. The average Bonchev–Trinajstić information content (AvgIpc) is 3.16. The molecule has 1 saturated heterocycles. The summed E-state index contributed by atoms with van der Waals surface area (Å²) < 4.78 is 38.6. The average molecular weight is 546 g/mol. The van der Waals surface area contributed by atoms with Crippen LogP contribution in [-0.4, -0.2) is 72.6 Å². The number of ether oxygens (including phenoxy) is 2. The molecule has 202 valence electrons. The Morgan fingerprint density at radius 3 is 2.39 bits per heavy atom. The van der Waals surface area contributed by atoms with E-state index in [0.717, 1.165) is 0 Å². The normalized spacial score (nSPS) is 23.4. The van der Waals surface area contributed by atoms with Crippen molar-refractivity contribution in [2.75, 3.05) is 27.9 Å². The van der Waals surface area contributed by atoms with Gasteiger partial charge in [0, 0.05) is 45.7 Å². The molecule has 0 amide bonds. The molecule has 36 heavy (non-hydrogen) atoms. The number of nitrogens with one attached hydrogen (secondary N) is 1. The lowest BCUT2D eigenvalue weighted by Gasteiger charge is -2.38. The third-order valence-electron chi connectivity index (χ3n) is 5.25. The fourth-order valence-electron chi connectivity index (χ4n) is 3.79. The number of H-pyrrole nitrogens is 1. The van der Waals surface area contributed by atoms with E-state index < -0.39 is 52.7 Å². The predicted octanol–water partition coefficient (Wildman–Crippen LogP) is 3.23. The standard InChI is InChI=1S/C22H36N4O8P2/c1-15(2)26(16(3)4)36(32-13-8-11-23)34-19-17(10-14-35(30-6)31-7)33-21(20(19)29-5)25-12-9-18(27)24-22(25)28/h9-10,12,14-17,19-21H,8,13H2,1-7H3,(H,24,27,28)/b14-10+. The molecule has 1 aliphatic rings. The van der Waals surface area contributed by atoms with Crippen LogP contribution >= 0.6 is 16.9 Å². The zero-order valence-electron chi connectivity index (χ0n) is 21.7. The maximum absolute atomic E-state index is 12.6. The smallest absolute Gasteiger partial charge is 0.330 e. The number of hydrogen-bond acceptors (Lipinski definition) is 10. The molecule has 1 N–H and O–H groups in total. The second-order valence-electron chi connectivity index (χ2n) is 8.32. The largest absolute Gasteiger partial charge is 0.374 e. The SMILES string of the molecule is COC1C(OP(OCCC#N)N(C(C)C)C(C)C)C(/C=C/P(OC)OC)OC1n1ccc(=O)[nH]c1=O. The minimum atomic E-state index is -1.63. The third kappa shape index (κ3) is 7.99. The molecule has 1 aromatic rings. The van der Waals surface area contributed by atoms with E-state index in [1.165, 1.54) is 38.2 Å². The monoisotopic (exact) mass is 546 g/mol. The van der Waals surface area contributed by atoms with E-state index in [4.69, 9.17) is 32.8 Å². The maximum atomic E-state index is 12.6. The Bertz CT molecular complexity index is 983. The van der Waals surface area contributed by atoms with Crippen LogP contribution in [0.5, 0.6) is 0 Å². The molecule has 2 rings (SSSR count). The second-order valence-corrected chi connectivity index (χ2v) is 11.3. The van der Waals surface area contributed by atoms with Crippen molar-refractivity contribution >= 4 is 16.9 Å². The summed E-state index contributed by atoms with van der Waals surface area (Å²) in [6.45, 7) is 8.35. The Morgan fingerprint density at radius 2 is 1.86 bits per heavy atom. The third-order valence-corrected chi connectivity index (χ3v) is 8.52. The number of rotatable bonds is 14. The van der Waals surface area contributed by atoms with Crippen molar-refractivity contribution in [1.82, 2.24) is 14.2 Å². The van der Waals surface area contributed by atoms with E-state index in [2.05, 4.69) is 15.7 Å². The van der Waals surface area contributed by atoms with Crippen LogP contribution in [0, 0.1) is 11.3 Å². The van der Waals surface area contributed by atoms with Crippen LogP contribution in [0.25, 0.3) is 0 Å². The molecule has 0 spiro atoms. The summed E-state index contributed by atoms with van der Waals surface area (Å²) in [5.74, 6) is 1.74. The van der Waals surface area contributed by atoms with E-state index in [-0.39, 0.29) is 25.1 Å². The molecule has 2 heterocycles. The minimum Gasteiger partial charge on any atom is -0.374 e. The highest BCUT2D eigenvalue weighted by Crippen LogP contribution is 2.51. The van der Waals surface area contributed by atoms with E-state index in [9.17, 15) is 9.59 Å². The summed E-state index contributed by atoms with van der Waals surface area (Å²) in [4.78, 5) is 26.4. The highest BCUT2D eigenvalue weighted by Gasteiger charge is 2.48. The number of hydrogen-bond donors (Lipinski definition) is 1. The van der Waals surface area contributed by atoms with Gasteiger partial charge in [-0.1, -0.05) is 0 Å². The van der Waals surface area contributed by atoms with Gasteiger partial charge < -0.3 is 27.6 Å². The van der Waals surface area contributed by atoms with Crippen LogP contribution in [-0.2, 0) is 27.6 Å². The summed E-state index contributed by atoms with van der Waals surface area (Å²) >= 11 is 0. The summed E-state index contributed by atoms with van der Waals surface area (Å²) in [5, 5.41) is 9.01. The van der Waals surface area contributed by atoms with Crippen molar-refractivity contribution in [3.63, 3.8) is 0 Å². The van der Waals surface area contributed by atoms with Gasteiger partial charge in [0.15, 0.2) is 14.6 Å². The highest BCUT2D eigenvalue weighted by molar-refractivity contribution is 7.50. The first-order valence-corrected chi connectivity index (χ1v) is 13.9. The summed E-state index contributed by atoms with van der Waals surface area (Å²) in [7, 11) is 1.64. The lowest BCUT2D eigenvalue weighted by atomic mass is 10.1. The topological polar surface area (TPSA) is 137 Å². The summed E-state index contributed by atoms with van der Waals surface area (Å²) in [6, 6.07) is 3.50. The number of nitriles is 1. The van der Waals surface area contributed by atoms with Crippen LogP contribution in [0.3, 0.4) is 0 Å². The number of nitrogens with zero attached hydrogens (tertiary/aromatic N) is 3. The molecule has 0 bridgehead atoms. The Morgan fingerprint density at radius 1 is 1.19 bits per heavy atom. The van der Waals surface area contributed by atoms with Gasteiger partial charge in [-0.15, -0.1) is 0 Å². The van der Waals surface area contributed by atoms with Crippen molar-refractivity contribution < 1.29 is 27.6 Å². The molecule has 5 unspecified atom stereocenters. The molecule has 1 fully saturated rings. The van der Waals surface area contributed by atoms with Gasteiger partial charge in [-0.2, -0.15) is 5.26 Å². The van der Waals surface area contributed by atoms with E-state index in [1.807, 2.05) is 27.7 Å². The van der Waals surface area contributed by atoms with Crippen LogP contribution < -0.4 is 11.2 Å². The Balaban J connectivity index is 2.49. The zero-order chi connectivity index (χ0) is 26.8. The van der Waals surface area contributed by atoms with Gasteiger partial charge in [-0.05, 0) is 39.6 Å². The van der Waals surface area contributed by atoms with E-state index >= 15 is 0 Å². The van der Waals surface area contributed by atoms with Crippen LogP contribution in [0.4, 0.5) is 0 Å². The van der Waals surface area contributed by atoms with Gasteiger partial charge in [0.05, 0.1) is 19.1 Å². The lowest BCUT2D eigenvalue weighted by Crippen LogP contribution is -2.41.